The number of sulfonamides is 1. The normalized spacial score (nSPS) is 16.8. The van der Waals surface area contributed by atoms with Gasteiger partial charge in [0, 0.05) is 35.8 Å². The third-order valence-corrected chi connectivity index (χ3v) is 8.31. The van der Waals surface area contributed by atoms with Crippen LogP contribution in [0.2, 0.25) is 0 Å². The number of aryl methyl sites for hydroxylation is 1. The molecule has 1 N–H and O–H groups in total. The maximum atomic E-state index is 14.5. The van der Waals surface area contributed by atoms with Gasteiger partial charge in [-0.05, 0) is 62.4 Å². The molecule has 184 valence electrons. The summed E-state index contributed by atoms with van der Waals surface area (Å²) in [6, 6.07) is 15.0. The summed E-state index contributed by atoms with van der Waals surface area (Å²) in [4.78, 5) is 14.6. The molecule has 0 aromatic heterocycles. The zero-order valence-corrected chi connectivity index (χ0v) is 21.5. The molecule has 0 spiro atoms. The first-order chi connectivity index (χ1) is 16.6. The SMILES string of the molecule is Cc1ccc(N2CCN(S(=O)(=O)c3ccc(F)c(C(=O)Nc4ccc(Br)cc4F)c3)C[C@H]2C)cc1. The van der Waals surface area contributed by atoms with Gasteiger partial charge in [-0.15, -0.1) is 0 Å². The lowest BCUT2D eigenvalue weighted by Crippen LogP contribution is -2.53. The minimum atomic E-state index is -3.99. The fraction of sp³-hybridized carbons (Fsp3) is 0.240. The van der Waals surface area contributed by atoms with Crippen molar-refractivity contribution in [2.75, 3.05) is 29.9 Å². The molecular formula is C25H24BrF2N3O3S. The maximum absolute atomic E-state index is 14.5. The van der Waals surface area contributed by atoms with Gasteiger partial charge in [-0.2, -0.15) is 4.31 Å². The van der Waals surface area contributed by atoms with Gasteiger partial charge >= 0.3 is 0 Å². The highest BCUT2D eigenvalue weighted by atomic mass is 79.9. The van der Waals surface area contributed by atoms with E-state index in [0.29, 0.717) is 11.0 Å². The zero-order chi connectivity index (χ0) is 25.3. The summed E-state index contributed by atoms with van der Waals surface area (Å²) in [5.41, 5.74) is 1.52. The smallest absolute Gasteiger partial charge is 0.258 e. The van der Waals surface area contributed by atoms with Crippen LogP contribution in [0.4, 0.5) is 20.2 Å². The summed E-state index contributed by atoms with van der Waals surface area (Å²) < 4.78 is 57.1. The van der Waals surface area contributed by atoms with Crippen molar-refractivity contribution < 1.29 is 22.0 Å². The summed E-state index contributed by atoms with van der Waals surface area (Å²) in [7, 11) is -3.99. The number of carbonyl (C=O) groups is 1. The molecule has 3 aromatic rings. The van der Waals surface area contributed by atoms with E-state index in [0.717, 1.165) is 35.5 Å². The summed E-state index contributed by atoms with van der Waals surface area (Å²) in [5, 5.41) is 2.30. The van der Waals surface area contributed by atoms with E-state index >= 15 is 0 Å². The van der Waals surface area contributed by atoms with E-state index < -0.39 is 33.1 Å². The van der Waals surface area contributed by atoms with Crippen molar-refractivity contribution >= 4 is 43.2 Å². The molecule has 0 saturated carbocycles. The lowest BCUT2D eigenvalue weighted by Gasteiger charge is -2.40. The number of carbonyl (C=O) groups excluding carboxylic acids is 1. The maximum Gasteiger partial charge on any atom is 0.258 e. The molecule has 1 fully saturated rings. The third kappa shape index (κ3) is 5.39. The average molecular weight is 564 g/mol. The van der Waals surface area contributed by atoms with Crippen LogP contribution in [0.1, 0.15) is 22.8 Å². The van der Waals surface area contributed by atoms with Crippen LogP contribution in [-0.4, -0.2) is 44.3 Å². The summed E-state index contributed by atoms with van der Waals surface area (Å²) >= 11 is 3.12. The van der Waals surface area contributed by atoms with Gasteiger partial charge in [-0.25, -0.2) is 17.2 Å². The molecule has 0 radical (unpaired) electrons. The fourth-order valence-corrected chi connectivity index (χ4v) is 5.90. The first-order valence-corrected chi connectivity index (χ1v) is 13.2. The second-order valence-electron chi connectivity index (χ2n) is 8.46. The van der Waals surface area contributed by atoms with Gasteiger partial charge in [-0.3, -0.25) is 4.79 Å². The van der Waals surface area contributed by atoms with Gasteiger partial charge in [-0.1, -0.05) is 33.6 Å². The van der Waals surface area contributed by atoms with Crippen LogP contribution in [-0.2, 0) is 10.0 Å². The molecule has 35 heavy (non-hydrogen) atoms. The van der Waals surface area contributed by atoms with E-state index in [4.69, 9.17) is 0 Å². The Morgan fingerprint density at radius 1 is 1.00 bits per heavy atom. The Hall–Kier alpha value is -2.82. The zero-order valence-electron chi connectivity index (χ0n) is 19.1. The first kappa shape index (κ1) is 25.3. The Kier molecular flexibility index (Phi) is 7.25. The topological polar surface area (TPSA) is 69.7 Å². The number of amides is 1. The summed E-state index contributed by atoms with van der Waals surface area (Å²) in [5.74, 6) is -2.56. The average Bonchev–Trinajstić information content (AvgIpc) is 2.81. The molecular weight excluding hydrogens is 540 g/mol. The van der Waals surface area contributed by atoms with Crippen LogP contribution in [0.3, 0.4) is 0 Å². The van der Waals surface area contributed by atoms with E-state index in [1.165, 1.54) is 16.4 Å². The van der Waals surface area contributed by atoms with Crippen LogP contribution >= 0.6 is 15.9 Å². The number of piperazine rings is 1. The van der Waals surface area contributed by atoms with E-state index in [1.807, 2.05) is 38.1 Å². The number of benzene rings is 3. The predicted molar refractivity (Wildman–Crippen MR) is 135 cm³/mol. The van der Waals surface area contributed by atoms with E-state index in [9.17, 15) is 22.0 Å². The van der Waals surface area contributed by atoms with Crippen molar-refractivity contribution in [3.05, 3.63) is 87.9 Å². The predicted octanol–water partition coefficient (Wildman–Crippen LogP) is 5.19. The van der Waals surface area contributed by atoms with Crippen molar-refractivity contribution in [2.24, 2.45) is 0 Å². The van der Waals surface area contributed by atoms with E-state index in [2.05, 4.69) is 26.1 Å². The lowest BCUT2D eigenvalue weighted by molar-refractivity contribution is 0.102. The number of nitrogens with one attached hydrogen (secondary N) is 1. The molecule has 0 bridgehead atoms. The van der Waals surface area contributed by atoms with Crippen LogP contribution in [0, 0.1) is 18.6 Å². The van der Waals surface area contributed by atoms with Crippen LogP contribution in [0.5, 0.6) is 0 Å². The first-order valence-electron chi connectivity index (χ1n) is 11.0. The minimum Gasteiger partial charge on any atom is -0.366 e. The molecule has 10 heteroatoms. The Balaban J connectivity index is 1.54. The molecule has 0 aliphatic carbocycles. The van der Waals surface area contributed by atoms with Crippen molar-refractivity contribution in [1.82, 2.24) is 4.31 Å². The Bertz CT molecular complexity index is 1370. The summed E-state index contributed by atoms with van der Waals surface area (Å²) in [6.07, 6.45) is 0. The van der Waals surface area contributed by atoms with Crippen molar-refractivity contribution in [3.63, 3.8) is 0 Å². The Morgan fingerprint density at radius 3 is 2.37 bits per heavy atom. The molecule has 1 atom stereocenters. The van der Waals surface area contributed by atoms with Gasteiger partial charge in [0.15, 0.2) is 0 Å². The second-order valence-corrected chi connectivity index (χ2v) is 11.3. The largest absolute Gasteiger partial charge is 0.366 e. The lowest BCUT2D eigenvalue weighted by atomic mass is 10.1. The van der Waals surface area contributed by atoms with Gasteiger partial charge in [0.2, 0.25) is 10.0 Å². The molecule has 6 nitrogen and oxygen atoms in total. The second kappa shape index (κ2) is 10.0. The molecule has 1 amide bonds. The molecule has 0 unspecified atom stereocenters. The number of nitrogens with zero attached hydrogens (tertiary/aromatic N) is 2. The summed E-state index contributed by atoms with van der Waals surface area (Å²) in [6.45, 7) is 4.91. The van der Waals surface area contributed by atoms with Crippen molar-refractivity contribution in [2.45, 2.75) is 24.8 Å². The number of hydrogen-bond donors (Lipinski definition) is 1. The van der Waals surface area contributed by atoms with Crippen molar-refractivity contribution in [1.29, 1.82) is 0 Å². The third-order valence-electron chi connectivity index (χ3n) is 5.96. The quantitative estimate of drug-likeness (QED) is 0.464. The van der Waals surface area contributed by atoms with Crippen LogP contribution in [0.15, 0.2) is 70.0 Å². The highest BCUT2D eigenvalue weighted by Crippen LogP contribution is 2.27. The van der Waals surface area contributed by atoms with Gasteiger partial charge in [0.05, 0.1) is 16.1 Å². The minimum absolute atomic E-state index is 0.0928. The van der Waals surface area contributed by atoms with Crippen molar-refractivity contribution in [3.8, 4) is 0 Å². The molecule has 1 aliphatic heterocycles. The Morgan fingerprint density at radius 2 is 1.71 bits per heavy atom. The molecule has 3 aromatic carbocycles. The number of halogens is 3. The highest BCUT2D eigenvalue weighted by molar-refractivity contribution is 9.10. The number of anilines is 2. The monoisotopic (exact) mass is 563 g/mol. The van der Waals surface area contributed by atoms with Crippen LogP contribution in [0.25, 0.3) is 0 Å². The van der Waals surface area contributed by atoms with Gasteiger partial charge < -0.3 is 10.2 Å². The van der Waals surface area contributed by atoms with E-state index in [-0.39, 0.29) is 29.7 Å². The number of hydrogen-bond acceptors (Lipinski definition) is 4. The molecule has 1 saturated heterocycles. The standard InChI is InChI=1S/C25H24BrF2N3O3S/c1-16-3-6-19(7-4-16)31-12-11-30(15-17(31)2)35(33,34)20-8-9-22(27)21(14-20)25(32)29-24-10-5-18(26)13-23(24)28/h3-10,13-14,17H,11-12,15H2,1-2H3,(H,29,32)/t17-/m1/s1. The Labute approximate surface area is 211 Å². The van der Waals surface area contributed by atoms with E-state index in [1.54, 1.807) is 0 Å². The van der Waals surface area contributed by atoms with Gasteiger partial charge in [0.25, 0.3) is 5.91 Å². The van der Waals surface area contributed by atoms with Crippen LogP contribution < -0.4 is 10.2 Å². The highest BCUT2D eigenvalue weighted by Gasteiger charge is 2.33. The fourth-order valence-electron chi connectivity index (χ4n) is 4.03. The molecule has 4 rings (SSSR count). The molecule has 1 aliphatic rings. The van der Waals surface area contributed by atoms with Gasteiger partial charge in [0.1, 0.15) is 11.6 Å². The molecule has 1 heterocycles. The number of rotatable bonds is 5.